The van der Waals surface area contributed by atoms with E-state index in [9.17, 15) is 4.79 Å². The Morgan fingerprint density at radius 3 is 2.25 bits per heavy atom. The summed E-state index contributed by atoms with van der Waals surface area (Å²) in [5.74, 6) is 1.77. The van der Waals surface area contributed by atoms with E-state index >= 15 is 0 Å². The molecular weight excluding hydrogens is 512 g/mol. The van der Waals surface area contributed by atoms with Crippen LogP contribution in [0.1, 0.15) is 25.7 Å². The maximum atomic E-state index is 12.3. The average Bonchev–Trinajstić information content (AvgIpc) is 3.48. The predicted molar refractivity (Wildman–Crippen MR) is 156 cm³/mol. The Labute approximate surface area is 235 Å². The van der Waals surface area contributed by atoms with Gasteiger partial charge in [-0.3, -0.25) is 0 Å². The van der Waals surface area contributed by atoms with Crippen LogP contribution in [0.4, 0.5) is 22.0 Å². The molecule has 3 aromatic rings. The van der Waals surface area contributed by atoms with E-state index in [1.54, 1.807) is 14.2 Å². The SMILES string of the molecule is COCCOc1cc2ncnc(Nc3ccc(NC(=O)NCCCCN4CCCC4)cc3)c2cc1OCCOC. The second-order valence-corrected chi connectivity index (χ2v) is 9.56. The number of nitrogens with zero attached hydrogens (tertiary/aromatic N) is 3. The van der Waals surface area contributed by atoms with Crippen molar-refractivity contribution in [1.82, 2.24) is 20.2 Å². The first-order chi connectivity index (χ1) is 19.7. The molecule has 11 nitrogen and oxygen atoms in total. The highest BCUT2D eigenvalue weighted by molar-refractivity contribution is 5.93. The molecular formula is C29H40N6O5. The molecule has 11 heteroatoms. The van der Waals surface area contributed by atoms with Gasteiger partial charge in [0.15, 0.2) is 11.5 Å². The number of ether oxygens (including phenoxy) is 4. The van der Waals surface area contributed by atoms with Gasteiger partial charge in [-0.15, -0.1) is 0 Å². The fraction of sp³-hybridized carbons (Fsp3) is 0.483. The molecule has 2 heterocycles. The summed E-state index contributed by atoms with van der Waals surface area (Å²) in [5, 5.41) is 9.95. The van der Waals surface area contributed by atoms with Crippen molar-refractivity contribution in [2.45, 2.75) is 25.7 Å². The van der Waals surface area contributed by atoms with Crippen LogP contribution in [-0.2, 0) is 9.47 Å². The zero-order valence-corrected chi connectivity index (χ0v) is 23.4. The summed E-state index contributed by atoms with van der Waals surface area (Å²) >= 11 is 0. The number of methoxy groups -OCH3 is 2. The summed E-state index contributed by atoms with van der Waals surface area (Å²) < 4.78 is 22.0. The molecule has 0 bridgehead atoms. The molecule has 1 aromatic heterocycles. The number of hydrogen-bond acceptors (Lipinski definition) is 9. The second-order valence-electron chi connectivity index (χ2n) is 9.56. The molecule has 4 rings (SSSR count). The lowest BCUT2D eigenvalue weighted by atomic mass is 10.2. The number of aromatic nitrogens is 2. The van der Waals surface area contributed by atoms with Gasteiger partial charge in [-0.2, -0.15) is 0 Å². The largest absolute Gasteiger partial charge is 0.487 e. The predicted octanol–water partition coefficient (Wildman–Crippen LogP) is 4.42. The van der Waals surface area contributed by atoms with Crippen molar-refractivity contribution in [3.63, 3.8) is 0 Å². The van der Waals surface area contributed by atoms with Crippen molar-refractivity contribution < 1.29 is 23.7 Å². The van der Waals surface area contributed by atoms with Gasteiger partial charge in [-0.05, 0) is 75.6 Å². The number of urea groups is 1. The number of unbranched alkanes of at least 4 members (excludes halogenated alkanes) is 1. The number of carbonyl (C=O) groups excluding carboxylic acids is 1. The molecule has 216 valence electrons. The van der Waals surface area contributed by atoms with E-state index < -0.39 is 0 Å². The Morgan fingerprint density at radius 1 is 0.875 bits per heavy atom. The highest BCUT2D eigenvalue weighted by atomic mass is 16.5. The molecule has 3 N–H and O–H groups in total. The first-order valence-electron chi connectivity index (χ1n) is 13.8. The Kier molecular flexibility index (Phi) is 11.6. The zero-order chi connectivity index (χ0) is 28.0. The fourth-order valence-electron chi connectivity index (χ4n) is 4.48. The van der Waals surface area contributed by atoms with Crippen LogP contribution in [0.2, 0.25) is 0 Å². The Balaban J connectivity index is 1.34. The lowest BCUT2D eigenvalue weighted by Crippen LogP contribution is -2.30. The van der Waals surface area contributed by atoms with Gasteiger partial charge in [0, 0.05) is 43.6 Å². The van der Waals surface area contributed by atoms with E-state index in [2.05, 4.69) is 30.8 Å². The van der Waals surface area contributed by atoms with Crippen molar-refractivity contribution in [3.8, 4) is 11.5 Å². The second kappa shape index (κ2) is 15.8. The molecule has 1 fully saturated rings. The lowest BCUT2D eigenvalue weighted by Gasteiger charge is -2.15. The molecule has 0 spiro atoms. The molecule has 1 saturated heterocycles. The Bertz CT molecular complexity index is 1200. The molecule has 1 aliphatic heterocycles. The third-order valence-electron chi connectivity index (χ3n) is 6.58. The van der Waals surface area contributed by atoms with E-state index in [1.807, 2.05) is 36.4 Å². The van der Waals surface area contributed by atoms with E-state index in [-0.39, 0.29) is 6.03 Å². The van der Waals surface area contributed by atoms with E-state index in [4.69, 9.17) is 18.9 Å². The number of benzene rings is 2. The summed E-state index contributed by atoms with van der Waals surface area (Å²) in [6.45, 7) is 5.86. The van der Waals surface area contributed by atoms with Gasteiger partial charge < -0.3 is 39.8 Å². The van der Waals surface area contributed by atoms with Gasteiger partial charge in [0.25, 0.3) is 0 Å². The number of likely N-dealkylation sites (tertiary alicyclic amines) is 1. The standard InChI is InChI=1S/C29H40N6O5/c1-37-15-17-39-26-19-24-25(20-27(26)40-18-16-38-2)31-21-32-28(24)33-22-7-9-23(10-8-22)34-29(36)30-11-3-4-12-35-13-5-6-14-35/h7-10,19-21H,3-6,11-18H2,1-2H3,(H2,30,34,36)(H,31,32,33). The minimum atomic E-state index is -0.201. The van der Waals surface area contributed by atoms with Gasteiger partial charge >= 0.3 is 6.03 Å². The van der Waals surface area contributed by atoms with Crippen molar-refractivity contribution in [2.24, 2.45) is 0 Å². The highest BCUT2D eigenvalue weighted by Crippen LogP contribution is 2.35. The highest BCUT2D eigenvalue weighted by Gasteiger charge is 2.14. The molecule has 0 aliphatic carbocycles. The van der Waals surface area contributed by atoms with Gasteiger partial charge in [-0.25, -0.2) is 14.8 Å². The molecule has 0 atom stereocenters. The van der Waals surface area contributed by atoms with Crippen LogP contribution in [0.15, 0.2) is 42.7 Å². The summed E-state index contributed by atoms with van der Waals surface area (Å²) in [4.78, 5) is 23.6. The average molecular weight is 553 g/mol. The number of amides is 2. The zero-order valence-electron chi connectivity index (χ0n) is 23.4. The number of rotatable bonds is 16. The summed E-state index contributed by atoms with van der Waals surface area (Å²) in [7, 11) is 3.25. The normalized spacial score (nSPS) is 13.3. The van der Waals surface area contributed by atoms with Gasteiger partial charge in [0.05, 0.1) is 18.7 Å². The first kappa shape index (κ1) is 29.3. The molecule has 2 amide bonds. The maximum Gasteiger partial charge on any atom is 0.319 e. The monoisotopic (exact) mass is 552 g/mol. The molecule has 1 aliphatic rings. The summed E-state index contributed by atoms with van der Waals surface area (Å²) in [6.07, 6.45) is 6.19. The van der Waals surface area contributed by atoms with Crippen LogP contribution < -0.4 is 25.4 Å². The third kappa shape index (κ3) is 8.94. The van der Waals surface area contributed by atoms with Crippen LogP contribution >= 0.6 is 0 Å². The van der Waals surface area contributed by atoms with E-state index in [1.165, 1.54) is 32.3 Å². The quantitative estimate of drug-likeness (QED) is 0.222. The molecule has 0 radical (unpaired) electrons. The summed E-state index contributed by atoms with van der Waals surface area (Å²) in [5.41, 5.74) is 2.23. The Morgan fingerprint density at radius 2 is 1.55 bits per heavy atom. The molecule has 2 aromatic carbocycles. The third-order valence-corrected chi connectivity index (χ3v) is 6.58. The van der Waals surface area contributed by atoms with Crippen LogP contribution in [-0.4, -0.2) is 87.7 Å². The smallest absolute Gasteiger partial charge is 0.319 e. The van der Waals surface area contributed by atoms with Gasteiger partial charge in [-0.1, -0.05) is 0 Å². The van der Waals surface area contributed by atoms with Crippen molar-refractivity contribution in [3.05, 3.63) is 42.7 Å². The molecule has 0 saturated carbocycles. The minimum Gasteiger partial charge on any atom is -0.487 e. The number of hydrogen-bond donors (Lipinski definition) is 3. The van der Waals surface area contributed by atoms with Gasteiger partial charge in [0.2, 0.25) is 0 Å². The van der Waals surface area contributed by atoms with Crippen LogP contribution in [0.3, 0.4) is 0 Å². The van der Waals surface area contributed by atoms with Crippen molar-refractivity contribution in [2.75, 3.05) is 77.5 Å². The molecule has 0 unspecified atom stereocenters. The van der Waals surface area contributed by atoms with Crippen LogP contribution in [0, 0.1) is 0 Å². The van der Waals surface area contributed by atoms with E-state index in [0.717, 1.165) is 30.5 Å². The van der Waals surface area contributed by atoms with Crippen LogP contribution in [0.25, 0.3) is 10.9 Å². The minimum absolute atomic E-state index is 0.201. The number of carbonyl (C=O) groups is 1. The van der Waals surface area contributed by atoms with Crippen molar-refractivity contribution >= 4 is 34.1 Å². The Hall–Kier alpha value is -3.67. The number of fused-ring (bicyclic) bond motifs is 1. The van der Waals surface area contributed by atoms with Crippen molar-refractivity contribution in [1.29, 1.82) is 0 Å². The lowest BCUT2D eigenvalue weighted by molar-refractivity contribution is 0.132. The molecule has 40 heavy (non-hydrogen) atoms. The van der Waals surface area contributed by atoms with Crippen LogP contribution in [0.5, 0.6) is 11.5 Å². The summed E-state index contributed by atoms with van der Waals surface area (Å²) in [6, 6.07) is 11.0. The number of anilines is 3. The maximum absolute atomic E-state index is 12.3. The first-order valence-corrected chi connectivity index (χ1v) is 13.8. The fourth-order valence-corrected chi connectivity index (χ4v) is 4.48. The number of nitrogens with one attached hydrogen (secondary N) is 3. The van der Waals surface area contributed by atoms with E-state index in [0.29, 0.717) is 61.5 Å². The van der Waals surface area contributed by atoms with Gasteiger partial charge in [0.1, 0.15) is 25.4 Å². The topological polar surface area (TPSA) is 119 Å².